The molecule has 3 aliphatic carbocycles. The number of nitrogens with zero attached hydrogens (tertiary/aromatic N) is 2. The quantitative estimate of drug-likeness (QED) is 0.723. The second-order valence-corrected chi connectivity index (χ2v) is 8.39. The molecule has 0 saturated heterocycles. The van der Waals surface area contributed by atoms with Crippen LogP contribution >= 0.6 is 0 Å². The van der Waals surface area contributed by atoms with E-state index < -0.39 is 0 Å². The number of fused-ring (bicyclic) bond motifs is 3. The molecule has 1 heterocycles. The van der Waals surface area contributed by atoms with Crippen molar-refractivity contribution in [1.29, 1.82) is 0 Å². The molecule has 0 unspecified atom stereocenters. The monoisotopic (exact) mass is 410 g/mol. The summed E-state index contributed by atoms with van der Waals surface area (Å²) in [4.78, 5) is 21.0. The number of carbonyl (C=O) groups is 1. The molecule has 0 spiro atoms. The fraction of sp³-hybridized carbons (Fsp3) is 0.435. The smallest absolute Gasteiger partial charge is 0.231 e. The van der Waals surface area contributed by atoms with Crippen molar-refractivity contribution in [3.05, 3.63) is 60.3 Å². The highest BCUT2D eigenvalue weighted by molar-refractivity contribution is 5.94. The van der Waals surface area contributed by atoms with Crippen molar-refractivity contribution in [3.8, 4) is 5.75 Å². The number of halogens is 1. The number of carbonyl (C=O) groups excluding carboxylic acids is 1. The van der Waals surface area contributed by atoms with Crippen LogP contribution in [0.3, 0.4) is 0 Å². The lowest BCUT2D eigenvalue weighted by Crippen LogP contribution is -2.49. The van der Waals surface area contributed by atoms with Crippen LogP contribution in [-0.2, 0) is 10.2 Å². The molecule has 0 aliphatic heterocycles. The first-order valence-electron chi connectivity index (χ1n) is 10.4. The number of ether oxygens (including phenoxy) is 1. The summed E-state index contributed by atoms with van der Waals surface area (Å²) in [7, 11) is 0. The van der Waals surface area contributed by atoms with E-state index in [1.165, 1.54) is 11.9 Å². The molecule has 7 heteroatoms. The van der Waals surface area contributed by atoms with E-state index in [2.05, 4.69) is 27.4 Å². The van der Waals surface area contributed by atoms with Crippen LogP contribution in [0.15, 0.2) is 54.8 Å². The number of aromatic nitrogens is 2. The molecule has 1 aromatic heterocycles. The van der Waals surface area contributed by atoms with Gasteiger partial charge in [-0.05, 0) is 67.7 Å². The van der Waals surface area contributed by atoms with Crippen LogP contribution in [0.4, 0.5) is 10.2 Å². The van der Waals surface area contributed by atoms with Gasteiger partial charge in [-0.2, -0.15) is 0 Å². The van der Waals surface area contributed by atoms with Crippen molar-refractivity contribution < 1.29 is 13.9 Å². The molecular weight excluding hydrogens is 383 g/mol. The summed E-state index contributed by atoms with van der Waals surface area (Å²) in [6.07, 6.45) is 9.19. The van der Waals surface area contributed by atoms with Gasteiger partial charge in [-0.15, -0.1) is 0 Å². The first-order chi connectivity index (χ1) is 14.6. The Hall–Kier alpha value is -2.80. The fourth-order valence-electron chi connectivity index (χ4n) is 4.79. The Kier molecular flexibility index (Phi) is 5.81. The lowest BCUT2D eigenvalue weighted by Gasteiger charge is -2.52. The van der Waals surface area contributed by atoms with Crippen molar-refractivity contribution in [2.24, 2.45) is 11.1 Å². The summed E-state index contributed by atoms with van der Waals surface area (Å²) in [5, 5.41) is 2.97. The SMILES string of the molecule is NCC(=CF)COc1ccc(C23CCC(C(=O)Nc4ccncn4)(CC2)CC3)cc1. The molecule has 3 fully saturated rings. The van der Waals surface area contributed by atoms with Crippen LogP contribution in [-0.4, -0.2) is 29.0 Å². The van der Waals surface area contributed by atoms with E-state index in [-0.39, 0.29) is 29.9 Å². The molecule has 1 amide bonds. The minimum absolute atomic E-state index is 0.0786. The number of nitrogens with two attached hydrogens (primary N) is 1. The Labute approximate surface area is 175 Å². The Morgan fingerprint density at radius 1 is 1.13 bits per heavy atom. The summed E-state index contributed by atoms with van der Waals surface area (Å²) >= 11 is 0. The number of rotatable bonds is 7. The second kappa shape index (κ2) is 8.52. The van der Waals surface area contributed by atoms with E-state index in [1.807, 2.05) is 12.1 Å². The number of anilines is 1. The highest BCUT2D eigenvalue weighted by atomic mass is 19.1. The molecule has 158 valence electrons. The predicted molar refractivity (Wildman–Crippen MR) is 113 cm³/mol. The standard InChI is InChI=1S/C23H27FN4O2/c24-13-17(14-25)15-30-19-3-1-18(2-4-19)22-6-9-23(10-7-22,11-8-22)21(29)28-20-5-12-26-16-27-20/h1-5,12-13,16H,6-11,14-15,25H2,(H,26,27,28,29). The van der Waals surface area contributed by atoms with Crippen molar-refractivity contribution in [3.63, 3.8) is 0 Å². The van der Waals surface area contributed by atoms with E-state index in [0.29, 0.717) is 23.5 Å². The van der Waals surface area contributed by atoms with Crippen LogP contribution in [0.1, 0.15) is 44.1 Å². The van der Waals surface area contributed by atoms with E-state index in [4.69, 9.17) is 10.5 Å². The average Bonchev–Trinajstić information content (AvgIpc) is 2.82. The van der Waals surface area contributed by atoms with Crippen molar-refractivity contribution in [1.82, 2.24) is 9.97 Å². The maximum absolute atomic E-state index is 13.0. The largest absolute Gasteiger partial charge is 0.489 e. The summed E-state index contributed by atoms with van der Waals surface area (Å²) in [6.45, 7) is 0.297. The van der Waals surface area contributed by atoms with Crippen LogP contribution in [0, 0.1) is 5.41 Å². The minimum atomic E-state index is -0.299. The third-order valence-electron chi connectivity index (χ3n) is 6.86. The maximum atomic E-state index is 13.0. The number of nitrogens with one attached hydrogen (secondary N) is 1. The Balaban J connectivity index is 1.39. The molecule has 3 N–H and O–H groups in total. The van der Waals surface area contributed by atoms with Crippen LogP contribution in [0.5, 0.6) is 5.75 Å². The molecular formula is C23H27FN4O2. The Morgan fingerprint density at radius 2 is 1.83 bits per heavy atom. The molecule has 5 rings (SSSR count). The van der Waals surface area contributed by atoms with Gasteiger partial charge in [0.15, 0.2) is 0 Å². The second-order valence-electron chi connectivity index (χ2n) is 8.39. The lowest BCUT2D eigenvalue weighted by molar-refractivity contribution is -0.132. The summed E-state index contributed by atoms with van der Waals surface area (Å²) in [6, 6.07) is 9.81. The van der Waals surface area contributed by atoms with Gasteiger partial charge in [0.05, 0.1) is 6.33 Å². The topological polar surface area (TPSA) is 90.1 Å². The van der Waals surface area contributed by atoms with Gasteiger partial charge in [0.2, 0.25) is 5.91 Å². The van der Waals surface area contributed by atoms with Gasteiger partial charge in [0, 0.05) is 23.7 Å². The Bertz CT molecular complexity index is 890. The number of hydrogen-bond acceptors (Lipinski definition) is 5. The van der Waals surface area contributed by atoms with Gasteiger partial charge in [-0.1, -0.05) is 12.1 Å². The van der Waals surface area contributed by atoms with Gasteiger partial charge in [0.1, 0.15) is 24.5 Å². The molecule has 0 atom stereocenters. The first-order valence-corrected chi connectivity index (χ1v) is 10.4. The van der Waals surface area contributed by atoms with Crippen molar-refractivity contribution >= 4 is 11.7 Å². The third kappa shape index (κ3) is 3.94. The molecule has 2 bridgehead atoms. The fourth-order valence-corrected chi connectivity index (χ4v) is 4.79. The summed E-state index contributed by atoms with van der Waals surface area (Å²) in [5.74, 6) is 1.34. The van der Waals surface area contributed by atoms with Gasteiger partial charge in [0.25, 0.3) is 0 Å². The zero-order chi connectivity index (χ0) is 21.0. The molecule has 2 aromatic rings. The highest BCUT2D eigenvalue weighted by Crippen LogP contribution is 2.58. The molecule has 1 aromatic carbocycles. The zero-order valence-electron chi connectivity index (χ0n) is 16.9. The normalized spacial score (nSPS) is 25.7. The van der Waals surface area contributed by atoms with Gasteiger partial charge < -0.3 is 15.8 Å². The maximum Gasteiger partial charge on any atom is 0.231 e. The van der Waals surface area contributed by atoms with Crippen LogP contribution < -0.4 is 15.8 Å². The zero-order valence-corrected chi connectivity index (χ0v) is 16.9. The first kappa shape index (κ1) is 20.5. The Morgan fingerprint density at radius 3 is 2.40 bits per heavy atom. The van der Waals surface area contributed by atoms with E-state index in [9.17, 15) is 9.18 Å². The summed E-state index contributed by atoms with van der Waals surface area (Å²) in [5.41, 5.74) is 7.00. The molecule has 3 saturated carbocycles. The van der Waals surface area contributed by atoms with Crippen molar-refractivity contribution in [2.75, 3.05) is 18.5 Å². The lowest BCUT2D eigenvalue weighted by atomic mass is 9.51. The van der Waals surface area contributed by atoms with E-state index >= 15 is 0 Å². The third-order valence-corrected chi connectivity index (χ3v) is 6.86. The molecule has 3 aliphatic rings. The average molecular weight is 410 g/mol. The molecule has 6 nitrogen and oxygen atoms in total. The van der Waals surface area contributed by atoms with E-state index in [1.54, 1.807) is 12.3 Å². The number of hydrogen-bond donors (Lipinski definition) is 2. The predicted octanol–water partition coefficient (Wildman–Crippen LogP) is 3.90. The van der Waals surface area contributed by atoms with Gasteiger partial charge in [-0.3, -0.25) is 4.79 Å². The molecule has 30 heavy (non-hydrogen) atoms. The van der Waals surface area contributed by atoms with Gasteiger partial charge in [-0.25, -0.2) is 14.4 Å². The van der Waals surface area contributed by atoms with Crippen LogP contribution in [0.2, 0.25) is 0 Å². The molecule has 0 radical (unpaired) electrons. The van der Waals surface area contributed by atoms with Crippen molar-refractivity contribution in [2.45, 2.75) is 43.9 Å². The summed E-state index contributed by atoms with van der Waals surface area (Å²) < 4.78 is 18.2. The highest BCUT2D eigenvalue weighted by Gasteiger charge is 2.52. The number of amides is 1. The van der Waals surface area contributed by atoms with E-state index in [0.717, 1.165) is 38.5 Å². The number of benzene rings is 1. The van der Waals surface area contributed by atoms with Crippen LogP contribution in [0.25, 0.3) is 0 Å². The minimum Gasteiger partial charge on any atom is -0.489 e. The van der Waals surface area contributed by atoms with Gasteiger partial charge >= 0.3 is 0 Å².